The second-order valence-electron chi connectivity index (χ2n) is 5.88. The van der Waals surface area contributed by atoms with Crippen molar-refractivity contribution in [3.8, 4) is 6.07 Å². The van der Waals surface area contributed by atoms with Crippen molar-refractivity contribution in [2.24, 2.45) is 0 Å². The van der Waals surface area contributed by atoms with Crippen molar-refractivity contribution in [2.45, 2.75) is 20.8 Å². The van der Waals surface area contributed by atoms with Crippen LogP contribution in [0.15, 0.2) is 30.0 Å². The standard InChI is InChI=1S/C18H22N4O2/c1-13-5-4-6-14(2)17(13)20-12-16(11-19)18(24)22-9-7-21(8-10-22)15(3)23/h4-6,12,20H,7-10H2,1-3H3/b16-12-. The molecule has 1 heterocycles. The molecule has 0 aliphatic carbocycles. The molecule has 126 valence electrons. The average Bonchev–Trinajstić information content (AvgIpc) is 2.57. The number of hydrogen-bond donors (Lipinski definition) is 1. The maximum Gasteiger partial charge on any atom is 0.266 e. The van der Waals surface area contributed by atoms with Gasteiger partial charge in [-0.15, -0.1) is 0 Å². The van der Waals surface area contributed by atoms with Crippen molar-refractivity contribution in [1.29, 1.82) is 5.26 Å². The normalized spacial score (nSPS) is 15.0. The SMILES string of the molecule is CC(=O)N1CCN(C(=O)/C(C#N)=C\Nc2c(C)cccc2C)CC1. The summed E-state index contributed by atoms with van der Waals surface area (Å²) in [7, 11) is 0. The number of nitrogens with zero attached hydrogens (tertiary/aromatic N) is 3. The molecule has 0 unspecified atom stereocenters. The van der Waals surface area contributed by atoms with Crippen LogP contribution in [0.1, 0.15) is 18.1 Å². The number of nitrogens with one attached hydrogen (secondary N) is 1. The Morgan fingerprint density at radius 3 is 2.17 bits per heavy atom. The maximum atomic E-state index is 12.5. The van der Waals surface area contributed by atoms with Gasteiger partial charge in [0.25, 0.3) is 5.91 Å². The summed E-state index contributed by atoms with van der Waals surface area (Å²) >= 11 is 0. The minimum atomic E-state index is -0.306. The molecule has 1 saturated heterocycles. The molecule has 1 aliphatic heterocycles. The second-order valence-corrected chi connectivity index (χ2v) is 5.88. The molecular formula is C18H22N4O2. The zero-order valence-corrected chi connectivity index (χ0v) is 14.3. The van der Waals surface area contributed by atoms with Crippen LogP contribution in [-0.2, 0) is 9.59 Å². The number of anilines is 1. The molecule has 1 aliphatic rings. The monoisotopic (exact) mass is 326 g/mol. The van der Waals surface area contributed by atoms with Gasteiger partial charge in [0.05, 0.1) is 0 Å². The van der Waals surface area contributed by atoms with Gasteiger partial charge in [-0.3, -0.25) is 9.59 Å². The Labute approximate surface area is 142 Å². The number of carbonyl (C=O) groups is 2. The van der Waals surface area contributed by atoms with Crippen molar-refractivity contribution >= 4 is 17.5 Å². The first-order valence-corrected chi connectivity index (χ1v) is 7.92. The Kier molecular flexibility index (Phi) is 5.59. The van der Waals surface area contributed by atoms with Crippen LogP contribution in [0.2, 0.25) is 0 Å². The first kappa shape index (κ1) is 17.5. The molecule has 0 atom stereocenters. The minimum absolute atomic E-state index is 0.00911. The van der Waals surface area contributed by atoms with Gasteiger partial charge in [-0.25, -0.2) is 0 Å². The van der Waals surface area contributed by atoms with E-state index in [9.17, 15) is 14.9 Å². The number of nitriles is 1. The van der Waals surface area contributed by atoms with Gasteiger partial charge >= 0.3 is 0 Å². The molecule has 0 aromatic heterocycles. The third kappa shape index (κ3) is 3.93. The summed E-state index contributed by atoms with van der Waals surface area (Å²) in [5, 5.41) is 12.4. The van der Waals surface area contributed by atoms with E-state index in [1.807, 2.05) is 38.1 Å². The molecule has 1 aromatic carbocycles. The highest BCUT2D eigenvalue weighted by Gasteiger charge is 2.24. The van der Waals surface area contributed by atoms with E-state index in [-0.39, 0.29) is 17.4 Å². The van der Waals surface area contributed by atoms with Crippen LogP contribution in [-0.4, -0.2) is 47.8 Å². The number of aryl methyl sites for hydroxylation is 2. The van der Waals surface area contributed by atoms with E-state index < -0.39 is 0 Å². The zero-order chi connectivity index (χ0) is 17.7. The molecule has 1 fully saturated rings. The lowest BCUT2D eigenvalue weighted by atomic mass is 10.1. The smallest absolute Gasteiger partial charge is 0.266 e. The first-order valence-electron chi connectivity index (χ1n) is 7.92. The molecule has 2 amide bonds. The van der Waals surface area contributed by atoms with Gasteiger partial charge in [0, 0.05) is 45.0 Å². The van der Waals surface area contributed by atoms with Crippen LogP contribution < -0.4 is 5.32 Å². The summed E-state index contributed by atoms with van der Waals surface area (Å²) in [6.45, 7) is 7.36. The Balaban J connectivity index is 2.07. The van der Waals surface area contributed by atoms with Gasteiger partial charge in [-0.05, 0) is 25.0 Å². The van der Waals surface area contributed by atoms with E-state index in [4.69, 9.17) is 0 Å². The van der Waals surface area contributed by atoms with Crippen molar-refractivity contribution < 1.29 is 9.59 Å². The third-order valence-corrected chi connectivity index (χ3v) is 4.21. The average molecular weight is 326 g/mol. The van der Waals surface area contributed by atoms with Crippen molar-refractivity contribution in [3.63, 3.8) is 0 Å². The number of carbonyl (C=O) groups excluding carboxylic acids is 2. The summed E-state index contributed by atoms with van der Waals surface area (Å²) in [5.41, 5.74) is 3.06. The van der Waals surface area contributed by atoms with Gasteiger partial charge in [-0.1, -0.05) is 18.2 Å². The first-order chi connectivity index (χ1) is 11.4. The fourth-order valence-corrected chi connectivity index (χ4v) is 2.72. The van der Waals surface area contributed by atoms with Gasteiger partial charge in [-0.2, -0.15) is 5.26 Å². The van der Waals surface area contributed by atoms with E-state index in [1.54, 1.807) is 9.80 Å². The Morgan fingerprint density at radius 1 is 1.12 bits per heavy atom. The van der Waals surface area contributed by atoms with E-state index in [0.29, 0.717) is 26.2 Å². The van der Waals surface area contributed by atoms with Gasteiger partial charge in [0.1, 0.15) is 11.6 Å². The number of piperazine rings is 1. The summed E-state index contributed by atoms with van der Waals surface area (Å²) in [5.74, 6) is -0.297. The van der Waals surface area contributed by atoms with Crippen molar-refractivity contribution in [2.75, 3.05) is 31.5 Å². The summed E-state index contributed by atoms with van der Waals surface area (Å²) in [6, 6.07) is 7.87. The number of para-hydroxylation sites is 1. The molecule has 0 radical (unpaired) electrons. The predicted molar refractivity (Wildman–Crippen MR) is 92.1 cm³/mol. The van der Waals surface area contributed by atoms with Crippen LogP contribution in [0, 0.1) is 25.2 Å². The number of rotatable bonds is 3. The molecule has 0 spiro atoms. The summed E-state index contributed by atoms with van der Waals surface area (Å²) in [6.07, 6.45) is 1.47. The molecule has 0 saturated carbocycles. The van der Waals surface area contributed by atoms with Crippen LogP contribution in [0.5, 0.6) is 0 Å². The van der Waals surface area contributed by atoms with E-state index in [0.717, 1.165) is 16.8 Å². The molecule has 2 rings (SSSR count). The molecule has 1 N–H and O–H groups in total. The van der Waals surface area contributed by atoms with Crippen molar-refractivity contribution in [3.05, 3.63) is 41.1 Å². The predicted octanol–water partition coefficient (Wildman–Crippen LogP) is 1.81. The van der Waals surface area contributed by atoms with E-state index >= 15 is 0 Å². The lowest BCUT2D eigenvalue weighted by Gasteiger charge is -2.34. The van der Waals surface area contributed by atoms with Crippen LogP contribution >= 0.6 is 0 Å². The Hall–Kier alpha value is -2.81. The molecule has 6 heteroatoms. The Morgan fingerprint density at radius 2 is 1.67 bits per heavy atom. The van der Waals surface area contributed by atoms with Gasteiger partial charge in [0.2, 0.25) is 5.91 Å². The van der Waals surface area contributed by atoms with E-state index in [2.05, 4.69) is 5.32 Å². The van der Waals surface area contributed by atoms with Crippen LogP contribution in [0.25, 0.3) is 0 Å². The summed E-state index contributed by atoms with van der Waals surface area (Å²) < 4.78 is 0. The molecule has 24 heavy (non-hydrogen) atoms. The molecule has 6 nitrogen and oxygen atoms in total. The van der Waals surface area contributed by atoms with Crippen LogP contribution in [0.3, 0.4) is 0 Å². The lowest BCUT2D eigenvalue weighted by molar-refractivity contribution is -0.136. The Bertz CT molecular complexity index is 690. The second kappa shape index (κ2) is 7.64. The fourth-order valence-electron chi connectivity index (χ4n) is 2.72. The summed E-state index contributed by atoms with van der Waals surface area (Å²) in [4.78, 5) is 27.1. The molecule has 1 aromatic rings. The fraction of sp³-hybridized carbons (Fsp3) is 0.389. The third-order valence-electron chi connectivity index (χ3n) is 4.21. The highest BCUT2D eigenvalue weighted by atomic mass is 16.2. The number of benzene rings is 1. The quantitative estimate of drug-likeness (QED) is 0.679. The number of amides is 2. The van der Waals surface area contributed by atoms with E-state index in [1.165, 1.54) is 13.1 Å². The van der Waals surface area contributed by atoms with Crippen LogP contribution in [0.4, 0.5) is 5.69 Å². The maximum absolute atomic E-state index is 12.5. The molecular weight excluding hydrogens is 304 g/mol. The van der Waals surface area contributed by atoms with Gasteiger partial charge < -0.3 is 15.1 Å². The highest BCUT2D eigenvalue weighted by molar-refractivity contribution is 5.97. The topological polar surface area (TPSA) is 76.4 Å². The molecule has 0 bridgehead atoms. The lowest BCUT2D eigenvalue weighted by Crippen LogP contribution is -2.50. The minimum Gasteiger partial charge on any atom is -0.360 e. The zero-order valence-electron chi connectivity index (χ0n) is 14.3. The number of hydrogen-bond acceptors (Lipinski definition) is 4. The highest BCUT2D eigenvalue weighted by Crippen LogP contribution is 2.20. The van der Waals surface area contributed by atoms with Gasteiger partial charge in [0.15, 0.2) is 0 Å². The van der Waals surface area contributed by atoms with Crippen molar-refractivity contribution in [1.82, 2.24) is 9.80 Å². The largest absolute Gasteiger partial charge is 0.360 e.